The van der Waals surface area contributed by atoms with E-state index in [1.165, 1.54) is 21.8 Å². The largest absolute Gasteiger partial charge is 0.396 e. The summed E-state index contributed by atoms with van der Waals surface area (Å²) >= 11 is 0. The summed E-state index contributed by atoms with van der Waals surface area (Å²) in [5, 5.41) is 14.3. The third-order valence-electron chi connectivity index (χ3n) is 3.23. The molecule has 1 amide bonds. The lowest BCUT2D eigenvalue weighted by molar-refractivity contribution is -0.117. The number of carbonyl (C=O) groups excluding carboxylic acids is 2. The minimum Gasteiger partial charge on any atom is -0.396 e. The summed E-state index contributed by atoms with van der Waals surface area (Å²) in [6, 6.07) is 0. The van der Waals surface area contributed by atoms with E-state index in [4.69, 9.17) is 5.73 Å². The highest BCUT2D eigenvalue weighted by Gasteiger charge is 2.30. The van der Waals surface area contributed by atoms with Crippen molar-refractivity contribution < 1.29 is 9.59 Å². The van der Waals surface area contributed by atoms with Crippen LogP contribution in [0, 0.1) is 12.8 Å². The first-order valence-electron chi connectivity index (χ1n) is 6.59. The number of nitrogens with two attached hydrogens (primary N) is 1. The van der Waals surface area contributed by atoms with Crippen molar-refractivity contribution in [3.8, 4) is 0 Å². The topological polar surface area (TPSA) is 121 Å². The molecule has 1 aliphatic rings. The number of nitrogen functional groups attached to an aromatic ring is 1. The van der Waals surface area contributed by atoms with Crippen LogP contribution in [0.3, 0.4) is 0 Å². The van der Waals surface area contributed by atoms with Crippen LogP contribution in [0.1, 0.15) is 23.3 Å². The minimum atomic E-state index is -0.292. The second-order valence-corrected chi connectivity index (χ2v) is 5.07. The lowest BCUT2D eigenvalue weighted by Gasteiger charge is -2.00. The van der Waals surface area contributed by atoms with E-state index in [0.29, 0.717) is 17.2 Å². The van der Waals surface area contributed by atoms with Crippen molar-refractivity contribution in [2.75, 3.05) is 11.1 Å². The monoisotopic (exact) mass is 289 g/mol. The second kappa shape index (κ2) is 5.00. The van der Waals surface area contributed by atoms with Gasteiger partial charge in [-0.2, -0.15) is 5.10 Å². The summed E-state index contributed by atoms with van der Waals surface area (Å²) in [4.78, 5) is 23.6. The van der Waals surface area contributed by atoms with Gasteiger partial charge in [0.05, 0.1) is 23.8 Å². The van der Waals surface area contributed by atoms with Crippen molar-refractivity contribution in [3.05, 3.63) is 18.1 Å². The second-order valence-electron chi connectivity index (χ2n) is 5.07. The number of carbonyl (C=O) groups is 2. The van der Waals surface area contributed by atoms with E-state index in [-0.39, 0.29) is 24.3 Å². The van der Waals surface area contributed by atoms with E-state index in [1.807, 2.05) is 0 Å². The number of anilines is 2. The van der Waals surface area contributed by atoms with E-state index in [9.17, 15) is 9.59 Å². The van der Waals surface area contributed by atoms with Crippen LogP contribution < -0.4 is 11.1 Å². The van der Waals surface area contributed by atoms with Gasteiger partial charge in [0.2, 0.25) is 5.91 Å². The van der Waals surface area contributed by atoms with Gasteiger partial charge in [0, 0.05) is 5.92 Å². The van der Waals surface area contributed by atoms with Crippen LogP contribution in [-0.4, -0.2) is 36.6 Å². The van der Waals surface area contributed by atoms with Crippen LogP contribution in [-0.2, 0) is 11.3 Å². The maximum Gasteiger partial charge on any atom is 0.268 e. The molecule has 1 fully saturated rings. The van der Waals surface area contributed by atoms with Gasteiger partial charge < -0.3 is 11.1 Å². The number of hydrogen-bond acceptors (Lipinski definition) is 6. The number of rotatable bonds is 4. The Balaban J connectivity index is 1.63. The molecule has 2 heterocycles. The van der Waals surface area contributed by atoms with Crippen molar-refractivity contribution in [2.45, 2.75) is 26.3 Å². The van der Waals surface area contributed by atoms with Crippen LogP contribution in [0.5, 0.6) is 0 Å². The van der Waals surface area contributed by atoms with Gasteiger partial charge in [-0.3, -0.25) is 9.59 Å². The van der Waals surface area contributed by atoms with Gasteiger partial charge in [-0.1, -0.05) is 5.21 Å². The fraction of sp³-hybridized carbons (Fsp3) is 0.417. The average molecular weight is 289 g/mol. The van der Waals surface area contributed by atoms with Crippen molar-refractivity contribution >= 4 is 23.3 Å². The first-order chi connectivity index (χ1) is 10.0. The fourth-order valence-corrected chi connectivity index (χ4v) is 1.82. The molecule has 110 valence electrons. The van der Waals surface area contributed by atoms with Crippen LogP contribution in [0.4, 0.5) is 11.5 Å². The number of amides is 1. The normalized spacial score (nSPS) is 14.1. The van der Waals surface area contributed by atoms with E-state index < -0.39 is 0 Å². The molecular weight excluding hydrogens is 274 g/mol. The van der Waals surface area contributed by atoms with Crippen molar-refractivity contribution in [1.29, 1.82) is 0 Å². The summed E-state index contributed by atoms with van der Waals surface area (Å²) in [6.45, 7) is 1.69. The van der Waals surface area contributed by atoms with Gasteiger partial charge >= 0.3 is 0 Å². The third kappa shape index (κ3) is 2.91. The van der Waals surface area contributed by atoms with Crippen molar-refractivity contribution in [3.63, 3.8) is 0 Å². The number of nitrogens with zero attached hydrogens (tertiary/aromatic N) is 5. The highest BCUT2D eigenvalue weighted by atomic mass is 16.2. The van der Waals surface area contributed by atoms with Gasteiger partial charge in [0.15, 0.2) is 5.82 Å². The van der Waals surface area contributed by atoms with Gasteiger partial charge in [-0.25, -0.2) is 9.36 Å². The first kappa shape index (κ1) is 13.3. The van der Waals surface area contributed by atoms with Crippen LogP contribution in [0.2, 0.25) is 0 Å². The van der Waals surface area contributed by atoms with E-state index in [1.54, 1.807) is 6.92 Å². The molecule has 3 N–H and O–H groups in total. The zero-order chi connectivity index (χ0) is 15.0. The molecule has 0 unspecified atom stereocenters. The summed E-state index contributed by atoms with van der Waals surface area (Å²) < 4.78 is 2.52. The van der Waals surface area contributed by atoms with E-state index in [2.05, 4.69) is 20.7 Å². The molecule has 0 radical (unpaired) electrons. The Morgan fingerprint density at radius 2 is 2.19 bits per heavy atom. The van der Waals surface area contributed by atoms with Crippen molar-refractivity contribution in [2.24, 2.45) is 5.92 Å². The molecule has 0 atom stereocenters. The standard InChI is InChI=1S/C12H15N7O2/c1-7-9(13)4-19(16-7)11(20)6-18-5-10(15-17-18)14-12(21)8-2-3-8/h4-5,8H,2-3,6,13H2,1H3,(H,14,21). The zero-order valence-electron chi connectivity index (χ0n) is 11.5. The highest BCUT2D eigenvalue weighted by molar-refractivity contribution is 5.93. The lowest BCUT2D eigenvalue weighted by atomic mass is 10.4. The summed E-state index contributed by atoms with van der Waals surface area (Å²) in [5.41, 5.74) is 6.70. The molecule has 0 spiro atoms. The van der Waals surface area contributed by atoms with Crippen LogP contribution in [0.15, 0.2) is 12.4 Å². The Morgan fingerprint density at radius 3 is 2.81 bits per heavy atom. The third-order valence-corrected chi connectivity index (χ3v) is 3.23. The number of aryl methyl sites for hydroxylation is 1. The highest BCUT2D eigenvalue weighted by Crippen LogP contribution is 2.29. The SMILES string of the molecule is Cc1nn(C(=O)Cn2cc(NC(=O)C3CC3)nn2)cc1N. The predicted octanol–water partition coefficient (Wildman–Crippen LogP) is 0.0541. The average Bonchev–Trinajstić information content (AvgIpc) is 3.12. The molecule has 9 heteroatoms. The number of nitrogens with one attached hydrogen (secondary N) is 1. The smallest absolute Gasteiger partial charge is 0.268 e. The van der Waals surface area contributed by atoms with Gasteiger partial charge in [0.1, 0.15) is 6.54 Å². The zero-order valence-corrected chi connectivity index (χ0v) is 11.5. The van der Waals surface area contributed by atoms with Gasteiger partial charge in [-0.15, -0.1) is 5.10 Å². The lowest BCUT2D eigenvalue weighted by Crippen LogP contribution is -2.19. The summed E-state index contributed by atoms with van der Waals surface area (Å²) in [5.74, 6) is 0.0892. The van der Waals surface area contributed by atoms with Crippen LogP contribution >= 0.6 is 0 Å². The Bertz CT molecular complexity index is 679. The molecular formula is C12H15N7O2. The molecule has 3 rings (SSSR count). The number of aromatic nitrogens is 5. The fourth-order valence-electron chi connectivity index (χ4n) is 1.82. The summed E-state index contributed by atoms with van der Waals surface area (Å²) in [7, 11) is 0. The predicted molar refractivity (Wildman–Crippen MR) is 73.4 cm³/mol. The van der Waals surface area contributed by atoms with Gasteiger partial charge in [0.25, 0.3) is 5.91 Å². The molecule has 0 aromatic carbocycles. The van der Waals surface area contributed by atoms with E-state index in [0.717, 1.165) is 12.8 Å². The quantitative estimate of drug-likeness (QED) is 0.820. The molecule has 21 heavy (non-hydrogen) atoms. The molecule has 1 saturated carbocycles. The van der Waals surface area contributed by atoms with Crippen LogP contribution in [0.25, 0.3) is 0 Å². The number of hydrogen-bond donors (Lipinski definition) is 2. The maximum atomic E-state index is 12.0. The molecule has 0 saturated heterocycles. The molecule has 1 aliphatic carbocycles. The molecule has 9 nitrogen and oxygen atoms in total. The molecule has 2 aromatic heterocycles. The van der Waals surface area contributed by atoms with Crippen molar-refractivity contribution in [1.82, 2.24) is 24.8 Å². The molecule has 0 aliphatic heterocycles. The Kier molecular flexibility index (Phi) is 3.16. The molecule has 0 bridgehead atoms. The van der Waals surface area contributed by atoms with E-state index >= 15 is 0 Å². The summed E-state index contributed by atoms with van der Waals surface area (Å²) in [6.07, 6.45) is 4.80. The first-order valence-corrected chi connectivity index (χ1v) is 6.59. The minimum absolute atomic E-state index is 0.0349. The Hall–Kier alpha value is -2.71. The maximum absolute atomic E-state index is 12.0. The Morgan fingerprint density at radius 1 is 1.43 bits per heavy atom. The van der Waals surface area contributed by atoms with Gasteiger partial charge in [-0.05, 0) is 19.8 Å². The molecule has 2 aromatic rings. The Labute approximate surface area is 120 Å².